The lowest BCUT2D eigenvalue weighted by Gasteiger charge is -2.08. The Labute approximate surface area is 129 Å². The summed E-state index contributed by atoms with van der Waals surface area (Å²) in [4.78, 5) is 1.30. The third-order valence-corrected chi connectivity index (χ3v) is 6.82. The Morgan fingerprint density at radius 1 is 1.24 bits per heavy atom. The normalized spacial score (nSPS) is 12.7. The molecule has 0 fully saturated rings. The van der Waals surface area contributed by atoms with Crippen LogP contribution in [0, 0.1) is 5.82 Å². The summed E-state index contributed by atoms with van der Waals surface area (Å²) < 4.78 is 15.6. The van der Waals surface area contributed by atoms with Crippen LogP contribution in [0.15, 0.2) is 38.6 Å². The van der Waals surface area contributed by atoms with E-state index >= 15 is 0 Å². The van der Waals surface area contributed by atoms with Crippen LogP contribution in [-0.2, 0) is 6.42 Å². The molecule has 1 aromatic heterocycles. The maximum atomic E-state index is 13.5. The fourth-order valence-electron chi connectivity index (χ4n) is 1.48. The second kappa shape index (κ2) is 5.95. The van der Waals surface area contributed by atoms with Crippen molar-refractivity contribution in [3.63, 3.8) is 0 Å². The zero-order valence-corrected chi connectivity index (χ0v) is 14.2. The predicted molar refractivity (Wildman–Crippen MR) is 81.5 cm³/mol. The minimum Gasteiger partial charge on any atom is -0.207 e. The summed E-state index contributed by atoms with van der Waals surface area (Å²) in [7, 11) is 0. The molecule has 0 aliphatic carbocycles. The molecule has 0 aliphatic heterocycles. The molecule has 1 aromatic carbocycles. The van der Waals surface area contributed by atoms with Gasteiger partial charge in [-0.1, -0.05) is 34.1 Å². The van der Waals surface area contributed by atoms with Gasteiger partial charge in [0.1, 0.15) is 5.82 Å². The van der Waals surface area contributed by atoms with Crippen LogP contribution in [0.25, 0.3) is 0 Å². The average Bonchev–Trinajstić information content (AvgIpc) is 2.63. The van der Waals surface area contributed by atoms with Crippen LogP contribution in [0.5, 0.6) is 0 Å². The van der Waals surface area contributed by atoms with Crippen LogP contribution in [0.1, 0.15) is 15.3 Å². The smallest absolute Gasteiger partial charge is 0.126 e. The van der Waals surface area contributed by atoms with Crippen LogP contribution >= 0.6 is 59.1 Å². The van der Waals surface area contributed by atoms with E-state index in [4.69, 9.17) is 0 Å². The van der Waals surface area contributed by atoms with Crippen molar-refractivity contribution in [3.8, 4) is 0 Å². The average molecular weight is 443 g/mol. The molecular formula is C12H8Br3FS. The van der Waals surface area contributed by atoms with Gasteiger partial charge in [0, 0.05) is 9.35 Å². The molecule has 0 radical (unpaired) electrons. The lowest BCUT2D eigenvalue weighted by molar-refractivity contribution is 0.608. The van der Waals surface area contributed by atoms with Crippen molar-refractivity contribution in [2.75, 3.05) is 0 Å². The van der Waals surface area contributed by atoms with Gasteiger partial charge in [-0.3, -0.25) is 0 Å². The summed E-state index contributed by atoms with van der Waals surface area (Å²) in [6.45, 7) is 0. The molecule has 0 saturated heterocycles. The molecule has 0 amide bonds. The molecular weight excluding hydrogens is 435 g/mol. The van der Waals surface area contributed by atoms with Gasteiger partial charge in [0.15, 0.2) is 0 Å². The first-order chi connectivity index (χ1) is 8.08. The van der Waals surface area contributed by atoms with Crippen LogP contribution in [-0.4, -0.2) is 0 Å². The van der Waals surface area contributed by atoms with Crippen LogP contribution < -0.4 is 0 Å². The second-order valence-electron chi connectivity index (χ2n) is 3.53. The number of hydrogen-bond acceptors (Lipinski definition) is 1. The molecule has 0 aliphatic rings. The third kappa shape index (κ3) is 3.40. The molecule has 1 unspecified atom stereocenters. The number of benzene rings is 1. The van der Waals surface area contributed by atoms with Gasteiger partial charge in [0.05, 0.1) is 8.61 Å². The van der Waals surface area contributed by atoms with Gasteiger partial charge >= 0.3 is 0 Å². The molecule has 0 spiro atoms. The maximum absolute atomic E-state index is 13.5. The maximum Gasteiger partial charge on any atom is 0.126 e. The molecule has 5 heteroatoms. The van der Waals surface area contributed by atoms with Crippen molar-refractivity contribution in [2.45, 2.75) is 11.2 Å². The summed E-state index contributed by atoms with van der Waals surface area (Å²) in [6.07, 6.45) is 0.645. The number of thiophene rings is 1. The summed E-state index contributed by atoms with van der Waals surface area (Å²) in [5.74, 6) is -0.147. The van der Waals surface area contributed by atoms with Gasteiger partial charge in [0.2, 0.25) is 0 Å². The Balaban J connectivity index is 2.17. The lowest BCUT2D eigenvalue weighted by atomic mass is 10.1. The van der Waals surface area contributed by atoms with Gasteiger partial charge in [-0.2, -0.15) is 0 Å². The highest BCUT2D eigenvalue weighted by molar-refractivity contribution is 9.13. The zero-order valence-electron chi connectivity index (χ0n) is 8.59. The SMILES string of the molecule is Fc1ccccc1CC(Br)c1cc(Br)c(Br)s1. The predicted octanol–water partition coefficient (Wildman–Crippen LogP) is 6.09. The van der Waals surface area contributed by atoms with Crippen molar-refractivity contribution in [1.82, 2.24) is 0 Å². The number of hydrogen-bond donors (Lipinski definition) is 0. The van der Waals surface area contributed by atoms with E-state index in [0.717, 1.165) is 13.8 Å². The molecule has 0 nitrogen and oxygen atoms in total. The standard InChI is InChI=1S/C12H8Br3FS/c13-8(11-6-9(14)12(15)17-11)5-7-3-1-2-4-10(7)16/h1-4,6,8H,5H2. The van der Waals surface area contributed by atoms with E-state index in [0.29, 0.717) is 6.42 Å². The topological polar surface area (TPSA) is 0 Å². The first-order valence-electron chi connectivity index (χ1n) is 4.90. The van der Waals surface area contributed by atoms with E-state index in [2.05, 4.69) is 53.9 Å². The fourth-order valence-corrected chi connectivity index (χ4v) is 4.30. The highest BCUT2D eigenvalue weighted by Gasteiger charge is 2.15. The van der Waals surface area contributed by atoms with Crippen LogP contribution in [0.4, 0.5) is 4.39 Å². The number of alkyl halides is 1. The largest absolute Gasteiger partial charge is 0.207 e. The van der Waals surface area contributed by atoms with Crippen LogP contribution in [0.3, 0.4) is 0 Å². The third-order valence-electron chi connectivity index (χ3n) is 2.33. The van der Waals surface area contributed by atoms with Crippen molar-refractivity contribution in [3.05, 3.63) is 54.8 Å². The van der Waals surface area contributed by atoms with Gasteiger partial charge in [-0.25, -0.2) is 4.39 Å². The Morgan fingerprint density at radius 2 is 1.94 bits per heavy atom. The van der Waals surface area contributed by atoms with Crippen molar-refractivity contribution < 1.29 is 4.39 Å². The first-order valence-corrected chi connectivity index (χ1v) is 8.22. The molecule has 1 heterocycles. The summed E-state index contributed by atoms with van der Waals surface area (Å²) >= 11 is 12.2. The van der Waals surface area contributed by atoms with Gasteiger partial charge in [0.25, 0.3) is 0 Å². The second-order valence-corrected chi connectivity index (χ2v) is 7.89. The summed E-state index contributed by atoms with van der Waals surface area (Å²) in [5.41, 5.74) is 0.731. The minimum atomic E-state index is -0.147. The fraction of sp³-hybridized carbons (Fsp3) is 0.167. The van der Waals surface area contributed by atoms with E-state index in [1.54, 1.807) is 17.4 Å². The van der Waals surface area contributed by atoms with Crippen molar-refractivity contribution in [2.24, 2.45) is 0 Å². The van der Waals surface area contributed by atoms with Crippen molar-refractivity contribution in [1.29, 1.82) is 0 Å². The summed E-state index contributed by atoms with van der Waals surface area (Å²) in [5, 5.41) is 0. The van der Waals surface area contributed by atoms with E-state index in [1.165, 1.54) is 10.9 Å². The van der Waals surface area contributed by atoms with E-state index < -0.39 is 0 Å². The lowest BCUT2D eigenvalue weighted by Crippen LogP contribution is -1.95. The summed E-state index contributed by atoms with van der Waals surface area (Å²) in [6, 6.07) is 8.93. The van der Waals surface area contributed by atoms with Crippen LogP contribution in [0.2, 0.25) is 0 Å². The first kappa shape index (κ1) is 13.7. The Hall–Kier alpha value is 0.290. The Bertz CT molecular complexity index is 505. The molecule has 0 N–H and O–H groups in total. The molecule has 90 valence electrons. The molecule has 1 atom stereocenters. The quantitative estimate of drug-likeness (QED) is 0.504. The number of halogens is 4. The minimum absolute atomic E-state index is 0.131. The molecule has 2 rings (SSSR count). The molecule has 17 heavy (non-hydrogen) atoms. The molecule has 2 aromatic rings. The highest BCUT2D eigenvalue weighted by Crippen LogP contribution is 2.39. The Morgan fingerprint density at radius 3 is 2.53 bits per heavy atom. The van der Waals surface area contributed by atoms with Gasteiger partial charge in [-0.15, -0.1) is 11.3 Å². The molecule has 0 bridgehead atoms. The van der Waals surface area contributed by atoms with Gasteiger partial charge in [-0.05, 0) is 56.0 Å². The number of rotatable bonds is 3. The monoisotopic (exact) mass is 440 g/mol. The molecule has 0 saturated carbocycles. The van der Waals surface area contributed by atoms with E-state index in [9.17, 15) is 4.39 Å². The zero-order chi connectivity index (χ0) is 12.4. The van der Waals surface area contributed by atoms with Gasteiger partial charge < -0.3 is 0 Å². The van der Waals surface area contributed by atoms with E-state index in [-0.39, 0.29) is 10.6 Å². The van der Waals surface area contributed by atoms with E-state index in [1.807, 2.05) is 12.1 Å². The highest BCUT2D eigenvalue weighted by atomic mass is 79.9. The van der Waals surface area contributed by atoms with Crippen molar-refractivity contribution >= 4 is 59.1 Å². The Kier molecular flexibility index (Phi) is 4.80.